The highest BCUT2D eigenvalue weighted by atomic mass is 16.5. The van der Waals surface area contributed by atoms with Crippen LogP contribution in [0.5, 0.6) is 0 Å². The third-order valence-electron chi connectivity index (χ3n) is 2.93. The summed E-state index contributed by atoms with van der Waals surface area (Å²) < 4.78 is 10.6. The molecule has 90 valence electrons. The molecule has 2 atom stereocenters. The zero-order valence-corrected chi connectivity index (χ0v) is 10.1. The van der Waals surface area contributed by atoms with Crippen molar-refractivity contribution in [1.82, 2.24) is 15.5 Å². The lowest BCUT2D eigenvalue weighted by molar-refractivity contribution is 0.0555. The average molecular weight is 225 g/mol. The zero-order valence-electron chi connectivity index (χ0n) is 10.1. The van der Waals surface area contributed by atoms with Crippen LogP contribution in [0.15, 0.2) is 4.52 Å². The first-order chi connectivity index (χ1) is 7.72. The Morgan fingerprint density at radius 2 is 2.31 bits per heavy atom. The fourth-order valence-corrected chi connectivity index (χ4v) is 2.08. The van der Waals surface area contributed by atoms with E-state index in [2.05, 4.69) is 29.3 Å². The second kappa shape index (κ2) is 4.93. The molecule has 1 aromatic heterocycles. The number of methoxy groups -OCH3 is 1. The Morgan fingerprint density at radius 1 is 1.50 bits per heavy atom. The highest BCUT2D eigenvalue weighted by Crippen LogP contribution is 2.26. The van der Waals surface area contributed by atoms with E-state index in [1.807, 2.05) is 0 Å². The maximum Gasteiger partial charge on any atom is 0.243 e. The van der Waals surface area contributed by atoms with Crippen molar-refractivity contribution in [1.29, 1.82) is 0 Å². The van der Waals surface area contributed by atoms with Gasteiger partial charge in [-0.25, -0.2) is 0 Å². The van der Waals surface area contributed by atoms with E-state index in [9.17, 15) is 0 Å². The lowest BCUT2D eigenvalue weighted by Gasteiger charge is -2.14. The minimum Gasteiger partial charge on any atom is -0.373 e. The van der Waals surface area contributed by atoms with Crippen molar-refractivity contribution < 1.29 is 9.26 Å². The van der Waals surface area contributed by atoms with E-state index in [1.165, 1.54) is 6.42 Å². The van der Waals surface area contributed by atoms with Gasteiger partial charge in [0.15, 0.2) is 0 Å². The normalized spacial score (nSPS) is 22.9. The van der Waals surface area contributed by atoms with Crippen LogP contribution in [0.3, 0.4) is 0 Å². The van der Waals surface area contributed by atoms with E-state index in [4.69, 9.17) is 9.26 Å². The molecule has 0 radical (unpaired) electrons. The topological polar surface area (TPSA) is 60.2 Å². The van der Waals surface area contributed by atoms with E-state index in [0.29, 0.717) is 17.6 Å². The van der Waals surface area contributed by atoms with Gasteiger partial charge in [-0.15, -0.1) is 0 Å². The molecule has 1 fully saturated rings. The van der Waals surface area contributed by atoms with Crippen LogP contribution in [-0.2, 0) is 4.74 Å². The first-order valence-electron chi connectivity index (χ1n) is 5.82. The van der Waals surface area contributed by atoms with Crippen molar-refractivity contribution in [2.45, 2.75) is 38.8 Å². The summed E-state index contributed by atoms with van der Waals surface area (Å²) in [5, 5.41) is 7.34. The van der Waals surface area contributed by atoms with Gasteiger partial charge in [-0.2, -0.15) is 4.98 Å². The van der Waals surface area contributed by atoms with Crippen LogP contribution >= 0.6 is 0 Å². The molecule has 1 aliphatic rings. The molecule has 0 amide bonds. The molecule has 2 heterocycles. The molecule has 0 spiro atoms. The van der Waals surface area contributed by atoms with E-state index >= 15 is 0 Å². The lowest BCUT2D eigenvalue weighted by Crippen LogP contribution is -2.14. The minimum atomic E-state index is -0.0843. The summed E-state index contributed by atoms with van der Waals surface area (Å²) in [4.78, 5) is 4.42. The summed E-state index contributed by atoms with van der Waals surface area (Å²) in [6.45, 7) is 5.19. The number of hydrogen-bond acceptors (Lipinski definition) is 5. The van der Waals surface area contributed by atoms with E-state index in [-0.39, 0.29) is 12.1 Å². The van der Waals surface area contributed by atoms with Crippen molar-refractivity contribution in [2.24, 2.45) is 5.92 Å². The predicted molar refractivity (Wildman–Crippen MR) is 58.9 cm³/mol. The van der Waals surface area contributed by atoms with E-state index in [1.54, 1.807) is 7.11 Å². The molecule has 0 saturated carbocycles. The number of nitrogens with zero attached hydrogens (tertiary/aromatic N) is 2. The maximum absolute atomic E-state index is 5.37. The van der Waals surface area contributed by atoms with Gasteiger partial charge in [-0.1, -0.05) is 19.0 Å². The largest absolute Gasteiger partial charge is 0.373 e. The van der Waals surface area contributed by atoms with Gasteiger partial charge in [-0.05, 0) is 25.3 Å². The number of hydrogen-bond donors (Lipinski definition) is 1. The van der Waals surface area contributed by atoms with Crippen LogP contribution < -0.4 is 5.32 Å². The van der Waals surface area contributed by atoms with Gasteiger partial charge in [0.05, 0.1) is 6.04 Å². The Labute approximate surface area is 95.6 Å². The third-order valence-corrected chi connectivity index (χ3v) is 2.93. The van der Waals surface area contributed by atoms with E-state index < -0.39 is 0 Å². The molecule has 1 saturated heterocycles. The number of aromatic nitrogens is 2. The minimum absolute atomic E-state index is 0.0843. The highest BCUT2D eigenvalue weighted by Gasteiger charge is 2.26. The summed E-state index contributed by atoms with van der Waals surface area (Å²) in [5.41, 5.74) is 0. The fourth-order valence-electron chi connectivity index (χ4n) is 2.08. The molecule has 1 unspecified atom stereocenters. The Morgan fingerprint density at radius 3 is 2.88 bits per heavy atom. The van der Waals surface area contributed by atoms with Gasteiger partial charge in [0.1, 0.15) is 6.10 Å². The molecule has 2 rings (SSSR count). The Kier molecular flexibility index (Phi) is 3.56. The van der Waals surface area contributed by atoms with Crippen LogP contribution in [0.4, 0.5) is 0 Å². The molecule has 0 bridgehead atoms. The smallest absolute Gasteiger partial charge is 0.243 e. The van der Waals surface area contributed by atoms with Gasteiger partial charge >= 0.3 is 0 Å². The summed E-state index contributed by atoms with van der Waals surface area (Å²) in [6, 6.07) is 0.228. The van der Waals surface area contributed by atoms with Gasteiger partial charge < -0.3 is 14.6 Å². The summed E-state index contributed by atoms with van der Waals surface area (Å²) in [7, 11) is 1.68. The highest BCUT2D eigenvalue weighted by molar-refractivity contribution is 4.98. The van der Waals surface area contributed by atoms with Crippen LogP contribution in [0, 0.1) is 5.92 Å². The van der Waals surface area contributed by atoms with Crippen LogP contribution in [0.1, 0.15) is 50.6 Å². The second-order valence-corrected chi connectivity index (χ2v) is 4.54. The Balaban J connectivity index is 2.11. The quantitative estimate of drug-likeness (QED) is 0.847. The standard InChI is InChI=1S/C11H19N3O2/c1-7(2)9(15-3)10-13-11(16-14-10)8-5-4-6-12-8/h7-9,12H,4-6H2,1-3H3/t8-,9?/m1/s1. The van der Waals surface area contributed by atoms with Gasteiger partial charge in [-0.3, -0.25) is 0 Å². The molecule has 1 aromatic rings. The van der Waals surface area contributed by atoms with E-state index in [0.717, 1.165) is 13.0 Å². The van der Waals surface area contributed by atoms with Gasteiger partial charge in [0.2, 0.25) is 11.7 Å². The SMILES string of the molecule is COC(c1noc([C@H]2CCCN2)n1)C(C)C. The summed E-state index contributed by atoms with van der Waals surface area (Å²) >= 11 is 0. The Bertz CT molecular complexity index is 332. The number of nitrogens with one attached hydrogen (secondary N) is 1. The zero-order chi connectivity index (χ0) is 11.5. The molecular weight excluding hydrogens is 206 g/mol. The molecule has 1 aliphatic heterocycles. The molecule has 16 heavy (non-hydrogen) atoms. The number of rotatable bonds is 4. The first-order valence-corrected chi connectivity index (χ1v) is 5.82. The summed E-state index contributed by atoms with van der Waals surface area (Å²) in [6.07, 6.45) is 2.15. The average Bonchev–Trinajstić information content (AvgIpc) is 2.86. The number of ether oxygens (including phenoxy) is 1. The van der Waals surface area contributed by atoms with Crippen molar-refractivity contribution in [3.63, 3.8) is 0 Å². The van der Waals surface area contributed by atoms with Gasteiger partial charge in [0, 0.05) is 7.11 Å². The lowest BCUT2D eigenvalue weighted by atomic mass is 10.1. The third kappa shape index (κ3) is 2.25. The maximum atomic E-state index is 5.37. The second-order valence-electron chi connectivity index (χ2n) is 4.54. The van der Waals surface area contributed by atoms with Crippen LogP contribution in [0.25, 0.3) is 0 Å². The molecule has 5 heteroatoms. The van der Waals surface area contributed by atoms with Crippen LogP contribution in [-0.4, -0.2) is 23.8 Å². The van der Waals surface area contributed by atoms with Crippen LogP contribution in [0.2, 0.25) is 0 Å². The molecule has 1 N–H and O–H groups in total. The van der Waals surface area contributed by atoms with Crippen molar-refractivity contribution in [2.75, 3.05) is 13.7 Å². The molecule has 0 aromatic carbocycles. The molecular formula is C11H19N3O2. The van der Waals surface area contributed by atoms with Crippen molar-refractivity contribution in [3.05, 3.63) is 11.7 Å². The van der Waals surface area contributed by atoms with Crippen molar-refractivity contribution >= 4 is 0 Å². The van der Waals surface area contributed by atoms with Crippen molar-refractivity contribution in [3.8, 4) is 0 Å². The predicted octanol–water partition coefficient (Wildman–Crippen LogP) is 1.84. The molecule has 5 nitrogen and oxygen atoms in total. The fraction of sp³-hybridized carbons (Fsp3) is 0.818. The first kappa shape index (κ1) is 11.5. The molecule has 0 aliphatic carbocycles. The monoisotopic (exact) mass is 225 g/mol. The Hall–Kier alpha value is -0.940. The summed E-state index contributed by atoms with van der Waals surface area (Å²) in [5.74, 6) is 1.68. The van der Waals surface area contributed by atoms with Gasteiger partial charge in [0.25, 0.3) is 0 Å².